The largest absolute Gasteiger partial charge is 0.355 e. The van der Waals surface area contributed by atoms with E-state index in [9.17, 15) is 0 Å². The first-order chi connectivity index (χ1) is 10.8. The first kappa shape index (κ1) is 11.9. The summed E-state index contributed by atoms with van der Waals surface area (Å²) in [5.74, 6) is 0. The average molecular weight is 287 g/mol. The van der Waals surface area contributed by atoms with Crippen molar-refractivity contribution < 1.29 is 0 Å². The Bertz CT molecular complexity index is 916. The van der Waals surface area contributed by atoms with Crippen LogP contribution in [0.1, 0.15) is 0 Å². The lowest BCUT2D eigenvalue weighted by molar-refractivity contribution is 0.942. The molecule has 0 unspecified atom stereocenters. The zero-order chi connectivity index (χ0) is 14.8. The maximum absolute atomic E-state index is 2.44. The van der Waals surface area contributed by atoms with Crippen LogP contribution in [0.2, 0.25) is 0 Å². The van der Waals surface area contributed by atoms with Crippen molar-refractivity contribution in [2.24, 2.45) is 0 Å². The Morgan fingerprint density at radius 2 is 1.55 bits per heavy atom. The minimum atomic E-state index is 0.908. The molecule has 22 heavy (non-hydrogen) atoms. The van der Waals surface area contributed by atoms with E-state index in [-0.39, 0.29) is 0 Å². The highest BCUT2D eigenvalue weighted by molar-refractivity contribution is 6.10. The molecule has 0 saturated carbocycles. The molecule has 0 aromatic heterocycles. The van der Waals surface area contributed by atoms with Crippen LogP contribution in [0.25, 0.3) is 10.8 Å². The Hall–Kier alpha value is -2.68. The highest BCUT2D eigenvalue weighted by Crippen LogP contribution is 2.55. The second-order valence-corrected chi connectivity index (χ2v) is 6.13. The van der Waals surface area contributed by atoms with Gasteiger partial charge in [0.25, 0.3) is 0 Å². The summed E-state index contributed by atoms with van der Waals surface area (Å²) in [6, 6.07) is 19.7. The van der Waals surface area contributed by atoms with E-state index in [2.05, 4.69) is 83.4 Å². The van der Waals surface area contributed by atoms with Crippen LogP contribution in [0.4, 0.5) is 28.4 Å². The van der Waals surface area contributed by atoms with E-state index in [4.69, 9.17) is 0 Å². The Morgan fingerprint density at radius 1 is 0.727 bits per heavy atom. The molecular weight excluding hydrogens is 270 g/mol. The van der Waals surface area contributed by atoms with E-state index in [1.54, 1.807) is 0 Å². The van der Waals surface area contributed by atoms with Gasteiger partial charge in [0.05, 0.1) is 35.1 Å². The predicted octanol–water partition coefficient (Wildman–Crippen LogP) is 4.47. The lowest BCUT2D eigenvalue weighted by atomic mass is 10.0. The average Bonchev–Trinajstić information content (AvgIpc) is 2.90. The van der Waals surface area contributed by atoms with Crippen molar-refractivity contribution >= 4 is 39.2 Å². The molecule has 3 aromatic rings. The van der Waals surface area contributed by atoms with Gasteiger partial charge in [0.2, 0.25) is 0 Å². The molecule has 108 valence electrons. The number of hydrogen-bond donors (Lipinski definition) is 0. The van der Waals surface area contributed by atoms with Gasteiger partial charge in [-0.2, -0.15) is 0 Å². The smallest absolute Gasteiger partial charge is 0.0951 e. The number of anilines is 5. The first-order valence-corrected chi connectivity index (χ1v) is 7.63. The van der Waals surface area contributed by atoms with E-state index in [1.165, 1.54) is 39.2 Å². The standard InChI is InChI=1S/C19H17N3/c1-20-12-22-17-11-10-13-6-3-4-7-14(13)18(17)21(2)16-9-5-8-15(20)19(16)22/h3-11H,12H2,1-2H3. The molecule has 0 atom stereocenters. The summed E-state index contributed by atoms with van der Waals surface area (Å²) >= 11 is 0. The minimum Gasteiger partial charge on any atom is -0.355 e. The summed E-state index contributed by atoms with van der Waals surface area (Å²) in [6.07, 6.45) is 0. The van der Waals surface area contributed by atoms with Gasteiger partial charge in [-0.3, -0.25) is 0 Å². The molecule has 0 saturated heterocycles. The van der Waals surface area contributed by atoms with Crippen molar-refractivity contribution in [1.82, 2.24) is 0 Å². The van der Waals surface area contributed by atoms with Gasteiger partial charge in [0, 0.05) is 19.5 Å². The van der Waals surface area contributed by atoms with Gasteiger partial charge in [-0.15, -0.1) is 0 Å². The SMILES string of the molecule is CN1CN2c3ccc4ccccc4c3N(C)c3cccc1c32. The fourth-order valence-electron chi connectivity index (χ4n) is 3.86. The van der Waals surface area contributed by atoms with Gasteiger partial charge < -0.3 is 14.7 Å². The monoisotopic (exact) mass is 287 g/mol. The summed E-state index contributed by atoms with van der Waals surface area (Å²) in [7, 11) is 4.34. The third-order valence-electron chi connectivity index (χ3n) is 4.89. The summed E-state index contributed by atoms with van der Waals surface area (Å²) in [4.78, 5) is 7.09. The molecule has 3 heteroatoms. The van der Waals surface area contributed by atoms with Gasteiger partial charge in [-0.25, -0.2) is 0 Å². The van der Waals surface area contributed by atoms with Crippen molar-refractivity contribution in [1.29, 1.82) is 0 Å². The number of para-hydroxylation sites is 1. The molecule has 3 nitrogen and oxygen atoms in total. The van der Waals surface area contributed by atoms with Gasteiger partial charge in [0.15, 0.2) is 0 Å². The number of fused-ring (bicyclic) bond motifs is 4. The predicted molar refractivity (Wildman–Crippen MR) is 93.9 cm³/mol. The maximum Gasteiger partial charge on any atom is 0.0951 e. The van der Waals surface area contributed by atoms with E-state index < -0.39 is 0 Å². The molecule has 0 aliphatic carbocycles. The molecule has 3 aromatic carbocycles. The highest BCUT2D eigenvalue weighted by atomic mass is 15.4. The number of benzene rings is 3. The molecule has 0 N–H and O–H groups in total. The third kappa shape index (κ3) is 1.31. The van der Waals surface area contributed by atoms with Crippen molar-refractivity contribution in [2.75, 3.05) is 35.5 Å². The summed E-state index contributed by atoms with van der Waals surface area (Å²) < 4.78 is 0. The molecule has 0 bridgehead atoms. The molecule has 0 spiro atoms. The second-order valence-electron chi connectivity index (χ2n) is 6.13. The van der Waals surface area contributed by atoms with Crippen LogP contribution in [0.3, 0.4) is 0 Å². The van der Waals surface area contributed by atoms with Crippen LogP contribution in [0, 0.1) is 0 Å². The van der Waals surface area contributed by atoms with Crippen molar-refractivity contribution in [3.8, 4) is 0 Å². The maximum atomic E-state index is 2.44. The Morgan fingerprint density at radius 3 is 2.45 bits per heavy atom. The molecule has 2 aliphatic rings. The van der Waals surface area contributed by atoms with E-state index >= 15 is 0 Å². The van der Waals surface area contributed by atoms with Crippen LogP contribution >= 0.6 is 0 Å². The van der Waals surface area contributed by atoms with Crippen LogP contribution in [-0.2, 0) is 0 Å². The molecule has 0 radical (unpaired) electrons. The third-order valence-corrected chi connectivity index (χ3v) is 4.89. The van der Waals surface area contributed by atoms with Crippen molar-refractivity contribution in [3.05, 3.63) is 54.6 Å². The lowest BCUT2D eigenvalue weighted by Crippen LogP contribution is -2.28. The fourth-order valence-corrected chi connectivity index (χ4v) is 3.86. The summed E-state index contributed by atoms with van der Waals surface area (Å²) in [6.45, 7) is 0.908. The first-order valence-electron chi connectivity index (χ1n) is 7.63. The highest BCUT2D eigenvalue weighted by Gasteiger charge is 2.35. The Kier molecular flexibility index (Phi) is 2.14. The summed E-state index contributed by atoms with van der Waals surface area (Å²) in [5, 5.41) is 2.60. The number of rotatable bonds is 0. The lowest BCUT2D eigenvalue weighted by Gasteiger charge is -2.36. The van der Waals surface area contributed by atoms with Crippen molar-refractivity contribution in [2.45, 2.75) is 0 Å². The topological polar surface area (TPSA) is 9.72 Å². The van der Waals surface area contributed by atoms with E-state index in [1.807, 2.05) is 0 Å². The zero-order valence-corrected chi connectivity index (χ0v) is 12.7. The van der Waals surface area contributed by atoms with Crippen LogP contribution in [0.5, 0.6) is 0 Å². The Balaban J connectivity index is 1.88. The van der Waals surface area contributed by atoms with Gasteiger partial charge in [0.1, 0.15) is 0 Å². The number of hydrogen-bond acceptors (Lipinski definition) is 3. The van der Waals surface area contributed by atoms with E-state index in [0.29, 0.717) is 0 Å². The molecule has 0 fully saturated rings. The minimum absolute atomic E-state index is 0.908. The van der Waals surface area contributed by atoms with Crippen LogP contribution < -0.4 is 14.7 Å². The zero-order valence-electron chi connectivity index (χ0n) is 12.7. The molecule has 2 heterocycles. The quantitative estimate of drug-likeness (QED) is 0.604. The second kappa shape index (κ2) is 3.95. The molecular formula is C19H17N3. The Labute approximate surface area is 130 Å². The molecule has 5 rings (SSSR count). The van der Waals surface area contributed by atoms with Gasteiger partial charge >= 0.3 is 0 Å². The molecule has 0 amide bonds. The fraction of sp³-hybridized carbons (Fsp3) is 0.158. The van der Waals surface area contributed by atoms with Crippen LogP contribution in [0.15, 0.2) is 54.6 Å². The van der Waals surface area contributed by atoms with Crippen LogP contribution in [-0.4, -0.2) is 20.8 Å². The van der Waals surface area contributed by atoms with Gasteiger partial charge in [-0.05, 0) is 23.6 Å². The summed E-state index contributed by atoms with van der Waals surface area (Å²) in [5.41, 5.74) is 6.52. The van der Waals surface area contributed by atoms with Gasteiger partial charge in [-0.1, -0.05) is 36.4 Å². The van der Waals surface area contributed by atoms with E-state index in [0.717, 1.165) is 6.67 Å². The number of nitrogens with zero attached hydrogens (tertiary/aromatic N) is 3. The normalized spacial score (nSPS) is 15.3. The van der Waals surface area contributed by atoms with Crippen molar-refractivity contribution in [3.63, 3.8) is 0 Å². The molecule has 2 aliphatic heterocycles.